The van der Waals surface area contributed by atoms with Gasteiger partial charge >= 0.3 is 0 Å². The lowest BCUT2D eigenvalue weighted by molar-refractivity contribution is 0.362. The van der Waals surface area contributed by atoms with Crippen LogP contribution >= 0.6 is 0 Å². The molecular formula is C14H19N5. The number of nitrogens with zero attached hydrogens (tertiary/aromatic N) is 4. The Balaban J connectivity index is 1.68. The highest BCUT2D eigenvalue weighted by Crippen LogP contribution is 2.16. The van der Waals surface area contributed by atoms with Crippen LogP contribution in [0.4, 0.5) is 0 Å². The van der Waals surface area contributed by atoms with Crippen LogP contribution in [0.1, 0.15) is 24.2 Å². The van der Waals surface area contributed by atoms with E-state index in [2.05, 4.69) is 33.0 Å². The number of hydrogen-bond acceptors (Lipinski definition) is 4. The largest absolute Gasteiger partial charge is 0.317 e. The molecule has 5 heteroatoms. The fourth-order valence-corrected chi connectivity index (χ4v) is 2.59. The first-order valence-corrected chi connectivity index (χ1v) is 6.91. The van der Waals surface area contributed by atoms with Crippen molar-refractivity contribution in [3.8, 4) is 0 Å². The van der Waals surface area contributed by atoms with Gasteiger partial charge in [-0.1, -0.05) is 30.3 Å². The van der Waals surface area contributed by atoms with Gasteiger partial charge in [0.25, 0.3) is 0 Å². The van der Waals surface area contributed by atoms with Crippen molar-refractivity contribution in [3.63, 3.8) is 0 Å². The van der Waals surface area contributed by atoms with Gasteiger partial charge in [-0.25, -0.2) is 4.68 Å². The molecule has 2 heterocycles. The monoisotopic (exact) mass is 257 g/mol. The van der Waals surface area contributed by atoms with E-state index in [-0.39, 0.29) is 0 Å². The fourth-order valence-electron chi connectivity index (χ4n) is 2.59. The second kappa shape index (κ2) is 5.93. The molecule has 0 atom stereocenters. The predicted octanol–water partition coefficient (Wildman–Crippen LogP) is 1.26. The van der Waals surface area contributed by atoms with Crippen LogP contribution in [0.25, 0.3) is 0 Å². The first kappa shape index (κ1) is 12.3. The molecule has 1 aromatic heterocycles. The minimum atomic E-state index is 0.710. The number of aromatic nitrogens is 4. The molecule has 5 nitrogen and oxygen atoms in total. The molecular weight excluding hydrogens is 238 g/mol. The fraction of sp³-hybridized carbons (Fsp3) is 0.500. The topological polar surface area (TPSA) is 55.6 Å². The molecule has 0 unspecified atom stereocenters. The van der Waals surface area contributed by atoms with Crippen LogP contribution < -0.4 is 5.32 Å². The molecule has 100 valence electrons. The molecule has 0 bridgehead atoms. The summed E-state index contributed by atoms with van der Waals surface area (Å²) < 4.78 is 1.93. The first-order valence-electron chi connectivity index (χ1n) is 6.91. The summed E-state index contributed by atoms with van der Waals surface area (Å²) in [4.78, 5) is 0. The van der Waals surface area contributed by atoms with E-state index in [1.54, 1.807) is 0 Å². The third-order valence-electron chi connectivity index (χ3n) is 3.71. The smallest absolute Gasteiger partial charge is 0.151 e. The van der Waals surface area contributed by atoms with E-state index in [1.807, 2.05) is 22.9 Å². The zero-order valence-electron chi connectivity index (χ0n) is 11.0. The van der Waals surface area contributed by atoms with Crippen LogP contribution in [0.5, 0.6) is 0 Å². The van der Waals surface area contributed by atoms with Gasteiger partial charge in [0, 0.05) is 6.42 Å². The van der Waals surface area contributed by atoms with Gasteiger partial charge in [0.1, 0.15) is 0 Å². The van der Waals surface area contributed by atoms with Gasteiger partial charge in [-0.05, 0) is 47.8 Å². The minimum Gasteiger partial charge on any atom is -0.317 e. The van der Waals surface area contributed by atoms with Gasteiger partial charge in [-0.2, -0.15) is 0 Å². The Morgan fingerprint density at radius 1 is 1.16 bits per heavy atom. The zero-order chi connectivity index (χ0) is 12.9. The van der Waals surface area contributed by atoms with E-state index in [9.17, 15) is 0 Å². The molecule has 0 spiro atoms. The van der Waals surface area contributed by atoms with E-state index in [0.717, 1.165) is 31.9 Å². The maximum absolute atomic E-state index is 4.19. The molecule has 1 aromatic carbocycles. The van der Waals surface area contributed by atoms with Gasteiger partial charge in [0.15, 0.2) is 5.82 Å². The molecule has 0 amide bonds. The van der Waals surface area contributed by atoms with Gasteiger partial charge in [0.05, 0.1) is 6.54 Å². The van der Waals surface area contributed by atoms with Gasteiger partial charge < -0.3 is 5.32 Å². The second-order valence-corrected chi connectivity index (χ2v) is 5.14. The summed E-state index contributed by atoms with van der Waals surface area (Å²) in [5, 5.41) is 15.5. The molecule has 1 saturated heterocycles. The van der Waals surface area contributed by atoms with Crippen LogP contribution in [0.15, 0.2) is 30.3 Å². The molecule has 0 radical (unpaired) electrons. The van der Waals surface area contributed by atoms with Gasteiger partial charge in [-0.15, -0.1) is 5.10 Å². The third-order valence-corrected chi connectivity index (χ3v) is 3.71. The Kier molecular flexibility index (Phi) is 3.83. The SMILES string of the molecule is c1ccc(Cn2nnnc2CC2CCNCC2)cc1. The van der Waals surface area contributed by atoms with Crippen molar-refractivity contribution in [1.82, 2.24) is 25.5 Å². The summed E-state index contributed by atoms with van der Waals surface area (Å²) in [6.07, 6.45) is 3.43. The number of tetrazole rings is 1. The van der Waals surface area contributed by atoms with E-state index < -0.39 is 0 Å². The van der Waals surface area contributed by atoms with Crippen molar-refractivity contribution in [1.29, 1.82) is 0 Å². The summed E-state index contributed by atoms with van der Waals surface area (Å²) in [7, 11) is 0. The number of hydrogen-bond donors (Lipinski definition) is 1. The quantitative estimate of drug-likeness (QED) is 0.896. The molecule has 19 heavy (non-hydrogen) atoms. The lowest BCUT2D eigenvalue weighted by Crippen LogP contribution is -2.29. The minimum absolute atomic E-state index is 0.710. The predicted molar refractivity (Wildman–Crippen MR) is 72.7 cm³/mol. The van der Waals surface area contributed by atoms with Gasteiger partial charge in [0.2, 0.25) is 0 Å². The molecule has 3 rings (SSSR count). The highest BCUT2D eigenvalue weighted by Gasteiger charge is 2.17. The van der Waals surface area contributed by atoms with E-state index in [1.165, 1.54) is 18.4 Å². The molecule has 1 N–H and O–H groups in total. The number of nitrogens with one attached hydrogen (secondary N) is 1. The molecule has 1 fully saturated rings. The van der Waals surface area contributed by atoms with Crippen molar-refractivity contribution >= 4 is 0 Å². The first-order chi connectivity index (χ1) is 9.42. The van der Waals surface area contributed by atoms with Crippen LogP contribution in [0.3, 0.4) is 0 Å². The molecule has 0 saturated carbocycles. The molecule has 2 aromatic rings. The summed E-state index contributed by atoms with van der Waals surface area (Å²) in [6.45, 7) is 2.99. The molecule has 0 aliphatic carbocycles. The van der Waals surface area contributed by atoms with Crippen molar-refractivity contribution < 1.29 is 0 Å². The molecule has 1 aliphatic heterocycles. The van der Waals surface area contributed by atoms with Crippen molar-refractivity contribution in [2.24, 2.45) is 5.92 Å². The zero-order valence-corrected chi connectivity index (χ0v) is 11.0. The lowest BCUT2D eigenvalue weighted by atomic mass is 9.94. The van der Waals surface area contributed by atoms with Crippen LogP contribution in [0.2, 0.25) is 0 Å². The normalized spacial score (nSPS) is 16.6. The van der Waals surface area contributed by atoms with Crippen LogP contribution in [0, 0.1) is 5.92 Å². The number of rotatable bonds is 4. The van der Waals surface area contributed by atoms with E-state index in [0.29, 0.717) is 5.92 Å². The standard InChI is InChI=1S/C14H19N5/c1-2-4-13(5-3-1)11-19-14(16-17-18-19)10-12-6-8-15-9-7-12/h1-5,12,15H,6-11H2. The summed E-state index contributed by atoms with van der Waals surface area (Å²) in [5.41, 5.74) is 1.24. The van der Waals surface area contributed by atoms with Crippen LogP contribution in [-0.4, -0.2) is 33.3 Å². The van der Waals surface area contributed by atoms with E-state index in [4.69, 9.17) is 0 Å². The number of benzene rings is 1. The van der Waals surface area contributed by atoms with E-state index >= 15 is 0 Å². The Labute approximate surface area is 113 Å². The maximum Gasteiger partial charge on any atom is 0.151 e. The Hall–Kier alpha value is -1.75. The maximum atomic E-state index is 4.19. The van der Waals surface area contributed by atoms with Gasteiger partial charge in [-0.3, -0.25) is 0 Å². The number of piperidine rings is 1. The Morgan fingerprint density at radius 2 is 1.95 bits per heavy atom. The second-order valence-electron chi connectivity index (χ2n) is 5.14. The van der Waals surface area contributed by atoms with Crippen molar-refractivity contribution in [3.05, 3.63) is 41.7 Å². The Morgan fingerprint density at radius 3 is 2.74 bits per heavy atom. The highest BCUT2D eigenvalue weighted by molar-refractivity contribution is 5.15. The Bertz CT molecular complexity index is 502. The lowest BCUT2D eigenvalue weighted by Gasteiger charge is -2.21. The summed E-state index contributed by atoms with van der Waals surface area (Å²) >= 11 is 0. The average molecular weight is 257 g/mol. The van der Waals surface area contributed by atoms with Crippen LogP contribution in [-0.2, 0) is 13.0 Å². The molecule has 1 aliphatic rings. The van der Waals surface area contributed by atoms with Crippen molar-refractivity contribution in [2.75, 3.05) is 13.1 Å². The average Bonchev–Trinajstić information content (AvgIpc) is 2.88. The summed E-state index contributed by atoms with van der Waals surface area (Å²) in [5.74, 6) is 1.72. The van der Waals surface area contributed by atoms with Crippen molar-refractivity contribution in [2.45, 2.75) is 25.8 Å². The summed E-state index contributed by atoms with van der Waals surface area (Å²) in [6, 6.07) is 10.3. The third kappa shape index (κ3) is 3.17. The highest BCUT2D eigenvalue weighted by atomic mass is 15.5.